The molecular weight excluding hydrogens is 304 g/mol. The van der Waals surface area contributed by atoms with Gasteiger partial charge in [0, 0.05) is 10.9 Å². The molecule has 0 bridgehead atoms. The summed E-state index contributed by atoms with van der Waals surface area (Å²) >= 11 is 3.44. The van der Waals surface area contributed by atoms with Gasteiger partial charge in [0.1, 0.15) is 0 Å². The summed E-state index contributed by atoms with van der Waals surface area (Å²) in [7, 11) is 0. The third-order valence-corrected chi connectivity index (χ3v) is 4.72. The van der Waals surface area contributed by atoms with Gasteiger partial charge in [-0.05, 0) is 52.9 Å². The fourth-order valence-corrected chi connectivity index (χ4v) is 3.24. The number of carbonyl (C=O) groups excluding carboxylic acids is 1. The van der Waals surface area contributed by atoms with Gasteiger partial charge in [-0.2, -0.15) is 0 Å². The average Bonchev–Trinajstić information content (AvgIpc) is 2.42. The summed E-state index contributed by atoms with van der Waals surface area (Å²) in [5, 5.41) is 2.98. The van der Waals surface area contributed by atoms with Gasteiger partial charge in [0.15, 0.2) is 0 Å². The molecule has 1 aromatic carbocycles. The minimum atomic E-state index is 0.0175. The van der Waals surface area contributed by atoms with Crippen LogP contribution < -0.4 is 11.1 Å². The number of carbonyl (C=O) groups is 1. The summed E-state index contributed by atoms with van der Waals surface area (Å²) < 4.78 is 0.911. The maximum Gasteiger partial charge on any atom is 0.225 e. The van der Waals surface area contributed by atoms with Crippen molar-refractivity contribution in [3.8, 4) is 0 Å². The maximum absolute atomic E-state index is 12.2. The zero-order valence-corrected chi connectivity index (χ0v) is 12.7. The summed E-state index contributed by atoms with van der Waals surface area (Å²) in [6.07, 6.45) is 6.34. The average molecular weight is 325 g/mol. The van der Waals surface area contributed by atoms with Crippen LogP contribution in [0.4, 0.5) is 5.69 Å². The highest BCUT2D eigenvalue weighted by molar-refractivity contribution is 9.10. The lowest BCUT2D eigenvalue weighted by Crippen LogP contribution is -2.36. The second kappa shape index (κ2) is 6.53. The molecule has 0 aliphatic heterocycles. The van der Waals surface area contributed by atoms with Crippen molar-refractivity contribution >= 4 is 27.5 Å². The maximum atomic E-state index is 12.2. The number of benzene rings is 1. The normalized spacial score (nSPS) is 18.0. The first-order valence-corrected chi connectivity index (χ1v) is 7.69. The molecule has 4 heteroatoms. The molecule has 19 heavy (non-hydrogen) atoms. The molecule has 0 saturated heterocycles. The summed E-state index contributed by atoms with van der Waals surface area (Å²) in [6, 6.07) is 7.68. The van der Waals surface area contributed by atoms with Crippen LogP contribution in [0.2, 0.25) is 0 Å². The van der Waals surface area contributed by atoms with E-state index < -0.39 is 0 Å². The molecule has 0 spiro atoms. The van der Waals surface area contributed by atoms with Gasteiger partial charge in [0.25, 0.3) is 0 Å². The van der Waals surface area contributed by atoms with E-state index in [-0.39, 0.29) is 11.3 Å². The van der Waals surface area contributed by atoms with Crippen LogP contribution in [0, 0.1) is 5.41 Å². The largest absolute Gasteiger partial charge is 0.330 e. The van der Waals surface area contributed by atoms with Crippen LogP contribution in [0.25, 0.3) is 0 Å². The number of hydrogen-bond acceptors (Lipinski definition) is 2. The highest BCUT2D eigenvalue weighted by atomic mass is 79.9. The minimum absolute atomic E-state index is 0.0175. The molecule has 1 aliphatic rings. The summed E-state index contributed by atoms with van der Waals surface area (Å²) in [5.41, 5.74) is 6.77. The lowest BCUT2D eigenvalue weighted by atomic mass is 9.71. The first-order chi connectivity index (χ1) is 9.15. The minimum Gasteiger partial charge on any atom is -0.330 e. The number of para-hydroxylation sites is 1. The Labute approximate surface area is 123 Å². The molecule has 0 heterocycles. The van der Waals surface area contributed by atoms with Crippen molar-refractivity contribution in [1.29, 1.82) is 0 Å². The van der Waals surface area contributed by atoms with Crippen LogP contribution >= 0.6 is 15.9 Å². The van der Waals surface area contributed by atoms with Gasteiger partial charge < -0.3 is 11.1 Å². The lowest BCUT2D eigenvalue weighted by molar-refractivity contribution is -0.118. The SMILES string of the molecule is NCC1(CC(=O)Nc2ccccc2Br)CCCCC1. The predicted molar refractivity (Wildman–Crippen MR) is 82.0 cm³/mol. The zero-order chi connectivity index (χ0) is 13.7. The topological polar surface area (TPSA) is 55.1 Å². The predicted octanol–water partition coefficient (Wildman–Crippen LogP) is 3.69. The van der Waals surface area contributed by atoms with E-state index in [9.17, 15) is 4.79 Å². The van der Waals surface area contributed by atoms with Crippen LogP contribution in [0.3, 0.4) is 0 Å². The van der Waals surface area contributed by atoms with Crippen molar-refractivity contribution < 1.29 is 4.79 Å². The third kappa shape index (κ3) is 3.80. The summed E-state index contributed by atoms with van der Waals surface area (Å²) in [6.45, 7) is 0.608. The molecule has 0 aromatic heterocycles. The van der Waals surface area contributed by atoms with Crippen molar-refractivity contribution in [1.82, 2.24) is 0 Å². The number of rotatable bonds is 4. The van der Waals surface area contributed by atoms with Crippen molar-refractivity contribution in [2.24, 2.45) is 11.1 Å². The monoisotopic (exact) mass is 324 g/mol. The second-order valence-corrected chi connectivity index (χ2v) is 6.32. The molecule has 2 rings (SSSR count). The van der Waals surface area contributed by atoms with E-state index in [1.165, 1.54) is 19.3 Å². The van der Waals surface area contributed by atoms with E-state index in [2.05, 4.69) is 21.2 Å². The van der Waals surface area contributed by atoms with Crippen LogP contribution in [0.1, 0.15) is 38.5 Å². The first-order valence-electron chi connectivity index (χ1n) is 6.90. The Morgan fingerprint density at radius 1 is 1.26 bits per heavy atom. The highest BCUT2D eigenvalue weighted by Gasteiger charge is 2.32. The first kappa shape index (κ1) is 14.5. The van der Waals surface area contributed by atoms with Gasteiger partial charge in [0.2, 0.25) is 5.91 Å². The van der Waals surface area contributed by atoms with Gasteiger partial charge in [0.05, 0.1) is 5.69 Å². The van der Waals surface area contributed by atoms with Crippen molar-refractivity contribution in [2.75, 3.05) is 11.9 Å². The number of nitrogens with two attached hydrogens (primary N) is 1. The van der Waals surface area contributed by atoms with Crippen molar-refractivity contribution in [3.63, 3.8) is 0 Å². The van der Waals surface area contributed by atoms with Crippen LogP contribution in [0.5, 0.6) is 0 Å². The van der Waals surface area contributed by atoms with E-state index >= 15 is 0 Å². The summed E-state index contributed by atoms with van der Waals surface area (Å²) in [4.78, 5) is 12.2. The number of hydrogen-bond donors (Lipinski definition) is 2. The Morgan fingerprint density at radius 2 is 1.95 bits per heavy atom. The zero-order valence-electron chi connectivity index (χ0n) is 11.1. The number of anilines is 1. The third-order valence-electron chi connectivity index (χ3n) is 4.03. The van der Waals surface area contributed by atoms with Crippen molar-refractivity contribution in [3.05, 3.63) is 28.7 Å². The Hall–Kier alpha value is -0.870. The Balaban J connectivity index is 1.98. The summed E-state index contributed by atoms with van der Waals surface area (Å²) in [5.74, 6) is 0.0688. The number of nitrogens with one attached hydrogen (secondary N) is 1. The van der Waals surface area contributed by atoms with E-state index in [0.717, 1.165) is 23.0 Å². The molecule has 104 valence electrons. The standard InChI is InChI=1S/C15H21BrN2O/c16-12-6-2-3-7-13(12)18-14(19)10-15(11-17)8-4-1-5-9-15/h2-3,6-7H,1,4-5,8-11,17H2,(H,18,19). The number of halogens is 1. The lowest BCUT2D eigenvalue weighted by Gasteiger charge is -2.35. The molecule has 0 atom stereocenters. The molecule has 1 amide bonds. The van der Waals surface area contributed by atoms with Gasteiger partial charge in [-0.3, -0.25) is 4.79 Å². The van der Waals surface area contributed by atoms with Crippen LogP contribution in [0.15, 0.2) is 28.7 Å². The van der Waals surface area contributed by atoms with Gasteiger partial charge >= 0.3 is 0 Å². The van der Waals surface area contributed by atoms with Gasteiger partial charge in [-0.15, -0.1) is 0 Å². The Kier molecular flexibility index (Phi) is 4.99. The smallest absolute Gasteiger partial charge is 0.225 e. The molecule has 1 aromatic rings. The second-order valence-electron chi connectivity index (χ2n) is 5.47. The van der Waals surface area contributed by atoms with Crippen LogP contribution in [-0.2, 0) is 4.79 Å². The molecule has 1 saturated carbocycles. The highest BCUT2D eigenvalue weighted by Crippen LogP contribution is 2.38. The molecular formula is C15H21BrN2O. The van der Waals surface area contributed by atoms with E-state index in [1.54, 1.807) is 0 Å². The Bertz CT molecular complexity index is 442. The Morgan fingerprint density at radius 3 is 2.58 bits per heavy atom. The van der Waals surface area contributed by atoms with Crippen LogP contribution in [-0.4, -0.2) is 12.5 Å². The molecule has 3 nitrogen and oxygen atoms in total. The molecule has 1 aliphatic carbocycles. The molecule has 0 unspecified atom stereocenters. The van der Waals surface area contributed by atoms with E-state index in [4.69, 9.17) is 5.73 Å². The fourth-order valence-electron chi connectivity index (χ4n) is 2.85. The van der Waals surface area contributed by atoms with E-state index in [1.807, 2.05) is 24.3 Å². The van der Waals surface area contributed by atoms with Crippen molar-refractivity contribution in [2.45, 2.75) is 38.5 Å². The molecule has 3 N–H and O–H groups in total. The fraction of sp³-hybridized carbons (Fsp3) is 0.533. The number of amides is 1. The van der Waals surface area contributed by atoms with Gasteiger partial charge in [-0.25, -0.2) is 0 Å². The van der Waals surface area contributed by atoms with Gasteiger partial charge in [-0.1, -0.05) is 31.4 Å². The molecule has 1 fully saturated rings. The molecule has 0 radical (unpaired) electrons. The quantitative estimate of drug-likeness (QED) is 0.887. The van der Waals surface area contributed by atoms with E-state index in [0.29, 0.717) is 13.0 Å².